The van der Waals surface area contributed by atoms with Gasteiger partial charge in [-0.15, -0.1) is 0 Å². The zero-order chi connectivity index (χ0) is 10.6. The van der Waals surface area contributed by atoms with Gasteiger partial charge in [0.25, 0.3) is 0 Å². The molecule has 14 heavy (non-hydrogen) atoms. The number of halogens is 1. The molecule has 80 valence electrons. The SMILES string of the molecule is CNC(COC(C)C)c1ccc(Br)o1. The molecule has 1 N–H and O–H groups in total. The van der Waals surface area contributed by atoms with E-state index in [4.69, 9.17) is 9.15 Å². The summed E-state index contributed by atoms with van der Waals surface area (Å²) in [5.74, 6) is 0.889. The van der Waals surface area contributed by atoms with Crippen LogP contribution in [0.3, 0.4) is 0 Å². The van der Waals surface area contributed by atoms with Crippen LogP contribution in [0.5, 0.6) is 0 Å². The van der Waals surface area contributed by atoms with Crippen molar-refractivity contribution in [2.45, 2.75) is 26.0 Å². The predicted octanol–water partition coefficient (Wildman–Crippen LogP) is 2.73. The number of furan rings is 1. The molecular weight excluding hydrogens is 246 g/mol. The highest BCUT2D eigenvalue weighted by atomic mass is 79.9. The summed E-state index contributed by atoms with van der Waals surface area (Å²) in [6.45, 7) is 4.66. The van der Waals surface area contributed by atoms with Crippen LogP contribution in [0, 0.1) is 0 Å². The zero-order valence-corrected chi connectivity index (χ0v) is 10.3. The molecule has 0 saturated carbocycles. The lowest BCUT2D eigenvalue weighted by Gasteiger charge is -2.15. The van der Waals surface area contributed by atoms with Gasteiger partial charge in [0.05, 0.1) is 18.8 Å². The minimum Gasteiger partial charge on any atom is -0.453 e. The molecule has 1 aromatic heterocycles. The van der Waals surface area contributed by atoms with E-state index in [0.717, 1.165) is 10.4 Å². The first-order valence-electron chi connectivity index (χ1n) is 4.67. The lowest BCUT2D eigenvalue weighted by molar-refractivity contribution is 0.0582. The van der Waals surface area contributed by atoms with Gasteiger partial charge >= 0.3 is 0 Å². The summed E-state index contributed by atoms with van der Waals surface area (Å²) in [6, 6.07) is 3.94. The monoisotopic (exact) mass is 261 g/mol. The molecule has 0 aliphatic rings. The second-order valence-corrected chi connectivity index (χ2v) is 4.15. The van der Waals surface area contributed by atoms with Crippen molar-refractivity contribution < 1.29 is 9.15 Å². The Kier molecular flexibility index (Phi) is 4.65. The summed E-state index contributed by atoms with van der Waals surface area (Å²) in [7, 11) is 1.89. The lowest BCUT2D eigenvalue weighted by atomic mass is 10.2. The lowest BCUT2D eigenvalue weighted by Crippen LogP contribution is -2.23. The Morgan fingerprint density at radius 2 is 2.21 bits per heavy atom. The first-order chi connectivity index (χ1) is 6.63. The van der Waals surface area contributed by atoms with Crippen LogP contribution in [-0.2, 0) is 4.74 Å². The first-order valence-corrected chi connectivity index (χ1v) is 5.47. The molecule has 0 bridgehead atoms. The molecule has 0 fully saturated rings. The average molecular weight is 262 g/mol. The molecule has 0 amide bonds. The molecule has 1 rings (SSSR count). The minimum absolute atomic E-state index is 0.115. The average Bonchev–Trinajstić information content (AvgIpc) is 2.53. The third-order valence-electron chi connectivity index (χ3n) is 1.88. The maximum atomic E-state index is 5.52. The molecule has 1 heterocycles. The van der Waals surface area contributed by atoms with Crippen molar-refractivity contribution in [2.75, 3.05) is 13.7 Å². The minimum atomic E-state index is 0.115. The van der Waals surface area contributed by atoms with E-state index in [9.17, 15) is 0 Å². The predicted molar refractivity (Wildman–Crippen MR) is 59.3 cm³/mol. The van der Waals surface area contributed by atoms with E-state index in [-0.39, 0.29) is 12.1 Å². The zero-order valence-electron chi connectivity index (χ0n) is 8.71. The Morgan fingerprint density at radius 1 is 1.50 bits per heavy atom. The van der Waals surface area contributed by atoms with Crippen molar-refractivity contribution in [3.8, 4) is 0 Å². The van der Waals surface area contributed by atoms with Crippen molar-refractivity contribution >= 4 is 15.9 Å². The van der Waals surface area contributed by atoms with E-state index in [1.165, 1.54) is 0 Å². The fourth-order valence-electron chi connectivity index (χ4n) is 1.11. The summed E-state index contributed by atoms with van der Waals surface area (Å²) in [5.41, 5.74) is 0. The van der Waals surface area contributed by atoms with Crippen LogP contribution < -0.4 is 5.32 Å². The molecule has 1 atom stereocenters. The Balaban J connectivity index is 2.54. The molecular formula is C10H16BrNO2. The van der Waals surface area contributed by atoms with E-state index >= 15 is 0 Å². The normalized spacial score (nSPS) is 13.5. The van der Waals surface area contributed by atoms with Crippen LogP contribution in [0.25, 0.3) is 0 Å². The largest absolute Gasteiger partial charge is 0.453 e. The van der Waals surface area contributed by atoms with Gasteiger partial charge in [0, 0.05) is 0 Å². The summed E-state index contributed by atoms with van der Waals surface area (Å²) in [4.78, 5) is 0. The molecule has 0 saturated heterocycles. The third-order valence-corrected chi connectivity index (χ3v) is 2.31. The summed E-state index contributed by atoms with van der Waals surface area (Å²) >= 11 is 3.27. The van der Waals surface area contributed by atoms with E-state index < -0.39 is 0 Å². The van der Waals surface area contributed by atoms with Gasteiger partial charge in [0.2, 0.25) is 0 Å². The van der Waals surface area contributed by atoms with E-state index in [1.807, 2.05) is 33.0 Å². The molecule has 1 unspecified atom stereocenters. The second kappa shape index (κ2) is 5.53. The van der Waals surface area contributed by atoms with E-state index in [0.29, 0.717) is 6.61 Å². The van der Waals surface area contributed by atoms with Gasteiger partial charge in [-0.2, -0.15) is 0 Å². The number of ether oxygens (including phenoxy) is 1. The van der Waals surface area contributed by atoms with Gasteiger partial charge in [-0.05, 0) is 49.0 Å². The molecule has 0 spiro atoms. The quantitative estimate of drug-likeness (QED) is 0.885. The first kappa shape index (κ1) is 11.8. The molecule has 3 nitrogen and oxygen atoms in total. The van der Waals surface area contributed by atoms with Crippen LogP contribution in [0.4, 0.5) is 0 Å². The Hall–Kier alpha value is -0.320. The molecule has 0 aliphatic carbocycles. The number of hydrogen-bond acceptors (Lipinski definition) is 3. The van der Waals surface area contributed by atoms with Gasteiger partial charge in [0.1, 0.15) is 5.76 Å². The number of hydrogen-bond donors (Lipinski definition) is 1. The Bertz CT molecular complexity index is 273. The summed E-state index contributed by atoms with van der Waals surface area (Å²) < 4.78 is 11.7. The maximum Gasteiger partial charge on any atom is 0.169 e. The van der Waals surface area contributed by atoms with Crippen LogP contribution in [0.15, 0.2) is 21.2 Å². The van der Waals surface area contributed by atoms with E-state index in [1.54, 1.807) is 0 Å². The third kappa shape index (κ3) is 3.44. The van der Waals surface area contributed by atoms with Gasteiger partial charge in [-0.25, -0.2) is 0 Å². The summed E-state index contributed by atoms with van der Waals surface area (Å²) in [6.07, 6.45) is 0.240. The van der Waals surface area contributed by atoms with Crippen molar-refractivity contribution in [2.24, 2.45) is 0 Å². The van der Waals surface area contributed by atoms with Crippen LogP contribution in [0.1, 0.15) is 25.6 Å². The Labute approximate surface area is 92.9 Å². The van der Waals surface area contributed by atoms with Crippen LogP contribution in [0.2, 0.25) is 0 Å². The van der Waals surface area contributed by atoms with Gasteiger partial charge in [-0.1, -0.05) is 0 Å². The smallest absolute Gasteiger partial charge is 0.169 e. The molecule has 1 aromatic rings. The van der Waals surface area contributed by atoms with Gasteiger partial charge in [0.15, 0.2) is 4.67 Å². The van der Waals surface area contributed by atoms with Crippen LogP contribution in [-0.4, -0.2) is 19.8 Å². The van der Waals surface area contributed by atoms with Crippen LogP contribution >= 0.6 is 15.9 Å². The fraction of sp³-hybridized carbons (Fsp3) is 0.600. The van der Waals surface area contributed by atoms with Crippen molar-refractivity contribution in [1.29, 1.82) is 0 Å². The highest BCUT2D eigenvalue weighted by molar-refractivity contribution is 9.10. The fourth-order valence-corrected chi connectivity index (χ4v) is 1.43. The standard InChI is InChI=1S/C10H16BrNO2/c1-7(2)13-6-8(12-3)9-4-5-10(11)14-9/h4-5,7-8,12H,6H2,1-3H3. The molecule has 0 radical (unpaired) electrons. The van der Waals surface area contributed by atoms with Crippen molar-refractivity contribution in [3.63, 3.8) is 0 Å². The van der Waals surface area contributed by atoms with Gasteiger partial charge in [-0.3, -0.25) is 0 Å². The highest BCUT2D eigenvalue weighted by Crippen LogP contribution is 2.20. The second-order valence-electron chi connectivity index (χ2n) is 3.37. The van der Waals surface area contributed by atoms with Crippen molar-refractivity contribution in [3.05, 3.63) is 22.6 Å². The number of rotatable bonds is 5. The van der Waals surface area contributed by atoms with Crippen molar-refractivity contribution in [1.82, 2.24) is 5.32 Å². The van der Waals surface area contributed by atoms with Gasteiger partial charge < -0.3 is 14.5 Å². The summed E-state index contributed by atoms with van der Waals surface area (Å²) in [5, 5.41) is 3.15. The maximum absolute atomic E-state index is 5.52. The highest BCUT2D eigenvalue weighted by Gasteiger charge is 2.13. The van der Waals surface area contributed by atoms with E-state index in [2.05, 4.69) is 21.2 Å². The molecule has 0 aliphatic heterocycles. The Morgan fingerprint density at radius 3 is 2.64 bits per heavy atom. The number of likely N-dealkylation sites (N-methyl/N-ethyl adjacent to an activating group) is 1. The molecule has 4 heteroatoms. The topological polar surface area (TPSA) is 34.4 Å². The number of nitrogens with one attached hydrogen (secondary N) is 1. The molecule has 0 aromatic carbocycles.